The summed E-state index contributed by atoms with van der Waals surface area (Å²) >= 11 is 0. The van der Waals surface area contributed by atoms with E-state index in [0.717, 1.165) is 0 Å². The average Bonchev–Trinajstić information content (AvgIpc) is 2.23. The molecule has 0 aromatic heterocycles. The third kappa shape index (κ3) is 3.44. The lowest BCUT2D eigenvalue weighted by Crippen LogP contribution is -2.49. The van der Waals surface area contributed by atoms with Gasteiger partial charge >= 0.3 is 0 Å². The lowest BCUT2D eigenvalue weighted by molar-refractivity contribution is -0.140. The van der Waals surface area contributed by atoms with Gasteiger partial charge in [0.2, 0.25) is 0 Å². The van der Waals surface area contributed by atoms with Gasteiger partial charge in [-0.15, -0.1) is 0 Å². The van der Waals surface area contributed by atoms with Crippen molar-refractivity contribution < 1.29 is 30.3 Å². The number of rotatable bonds is 6. The summed E-state index contributed by atoms with van der Waals surface area (Å²) in [7, 11) is -1.12. The van der Waals surface area contributed by atoms with Crippen LogP contribution in [0.1, 0.15) is 0 Å². The second-order valence-corrected chi connectivity index (χ2v) is 4.40. The third-order valence-corrected chi connectivity index (χ3v) is 3.05. The Morgan fingerprint density at radius 1 is 1.21 bits per heavy atom. The number of carbonyl (C=O) groups excluding carboxylic acids is 1. The molecule has 0 aromatic carbocycles. The molecule has 0 saturated carbocycles. The maximum atomic E-state index is 11.0. The topological polar surface area (TPSA) is 118 Å². The predicted octanol–water partition coefficient (Wildman–Crippen LogP) is -3.83. The van der Waals surface area contributed by atoms with Gasteiger partial charge in [0, 0.05) is 0 Å². The van der Waals surface area contributed by atoms with E-state index in [1.807, 2.05) is 0 Å². The van der Waals surface area contributed by atoms with Crippen LogP contribution in [0, 0.1) is 0 Å². The number of aliphatic hydroxyl groups is 5. The second-order valence-electron chi connectivity index (χ2n) is 3.00. The molecule has 0 aromatic rings. The highest BCUT2D eigenvalue weighted by atomic mass is 28.2. The van der Waals surface area contributed by atoms with Gasteiger partial charge in [0.1, 0.15) is 39.3 Å². The lowest BCUT2D eigenvalue weighted by atomic mass is 10.0. The van der Waals surface area contributed by atoms with Crippen LogP contribution in [0.2, 0.25) is 6.55 Å². The number of carbonyl (C=O) groups is 1. The molecule has 84 valence electrons. The molecule has 0 unspecified atom stereocenters. The van der Waals surface area contributed by atoms with E-state index in [1.165, 1.54) is 0 Å². The third-order valence-electron chi connectivity index (χ3n) is 1.93. The maximum Gasteiger partial charge on any atom is 0.135 e. The summed E-state index contributed by atoms with van der Waals surface area (Å²) in [6.07, 6.45) is -6.72. The van der Waals surface area contributed by atoms with E-state index in [0.29, 0.717) is 0 Å². The monoisotopic (exact) mass is 224 g/mol. The molecule has 6 nitrogen and oxygen atoms in total. The summed E-state index contributed by atoms with van der Waals surface area (Å²) in [6, 6.07) is 0. The summed E-state index contributed by atoms with van der Waals surface area (Å²) in [4.78, 5) is 11.0. The van der Waals surface area contributed by atoms with Crippen LogP contribution in [0.5, 0.6) is 0 Å². The first-order chi connectivity index (χ1) is 6.45. The molecule has 0 fully saturated rings. The highest BCUT2D eigenvalue weighted by Crippen LogP contribution is 2.05. The van der Waals surface area contributed by atoms with Crippen molar-refractivity contribution in [3.63, 3.8) is 0 Å². The van der Waals surface area contributed by atoms with Crippen LogP contribution >= 0.6 is 0 Å². The van der Waals surface area contributed by atoms with E-state index in [2.05, 4.69) is 0 Å². The number of aliphatic hydroxyl groups excluding tert-OH is 5. The Bertz CT molecular complexity index is 187. The van der Waals surface area contributed by atoms with E-state index >= 15 is 0 Å². The standard InChI is InChI=1S/C7H16O6Si/c1-14-7(13)6(12)5(11)4(10)3(9)2-8/h3-6,8-12H,2,14H2,1H3/t3-,4-,5+,6-/m1/s1. The summed E-state index contributed by atoms with van der Waals surface area (Å²) in [5.41, 5.74) is 0. The van der Waals surface area contributed by atoms with E-state index in [4.69, 9.17) is 15.3 Å². The highest BCUT2D eigenvalue weighted by molar-refractivity contribution is 6.73. The predicted molar refractivity (Wildman–Crippen MR) is 50.5 cm³/mol. The molecule has 0 radical (unpaired) electrons. The number of hydrogen-bond acceptors (Lipinski definition) is 6. The molecule has 7 heteroatoms. The van der Waals surface area contributed by atoms with Crippen molar-refractivity contribution in [1.29, 1.82) is 0 Å². The molecular weight excluding hydrogens is 208 g/mol. The molecule has 0 heterocycles. The first-order valence-electron chi connectivity index (χ1n) is 4.31. The van der Waals surface area contributed by atoms with Crippen LogP contribution in [0.3, 0.4) is 0 Å². The van der Waals surface area contributed by atoms with Crippen LogP contribution in [0.15, 0.2) is 0 Å². The van der Waals surface area contributed by atoms with E-state index in [-0.39, 0.29) is 0 Å². The zero-order chi connectivity index (χ0) is 11.3. The van der Waals surface area contributed by atoms with Gasteiger partial charge in [0.25, 0.3) is 0 Å². The fraction of sp³-hybridized carbons (Fsp3) is 0.857. The highest BCUT2D eigenvalue weighted by Gasteiger charge is 2.32. The second kappa shape index (κ2) is 6.22. The molecule has 0 aliphatic heterocycles. The summed E-state index contributed by atoms with van der Waals surface area (Å²) < 4.78 is 0. The molecule has 0 aliphatic carbocycles. The zero-order valence-corrected chi connectivity index (χ0v) is 9.28. The lowest BCUT2D eigenvalue weighted by Gasteiger charge is -2.24. The maximum absolute atomic E-state index is 11.0. The normalized spacial score (nSPS) is 20.7. The molecule has 4 atom stereocenters. The SMILES string of the molecule is C[SiH2]C(=O)[C@H](O)[C@@H](O)[C@H](O)[C@H](O)CO. The molecule has 0 spiro atoms. The molecule has 0 aliphatic rings. The van der Waals surface area contributed by atoms with Gasteiger partial charge in [-0.3, -0.25) is 0 Å². The fourth-order valence-corrected chi connectivity index (χ4v) is 1.58. The quantitative estimate of drug-likeness (QED) is 0.295. The van der Waals surface area contributed by atoms with Crippen molar-refractivity contribution >= 4 is 14.9 Å². The van der Waals surface area contributed by atoms with E-state index in [9.17, 15) is 15.0 Å². The zero-order valence-electron chi connectivity index (χ0n) is 7.87. The molecule has 14 heavy (non-hydrogen) atoms. The fourth-order valence-electron chi connectivity index (χ4n) is 0.922. The Hall–Kier alpha value is -0.313. The van der Waals surface area contributed by atoms with Gasteiger partial charge in [-0.1, -0.05) is 6.55 Å². The van der Waals surface area contributed by atoms with Gasteiger partial charge in [0.05, 0.1) is 6.61 Å². The van der Waals surface area contributed by atoms with Crippen molar-refractivity contribution in [2.45, 2.75) is 31.0 Å². The molecular formula is C7H16O6Si. The van der Waals surface area contributed by atoms with Gasteiger partial charge < -0.3 is 30.3 Å². The van der Waals surface area contributed by atoms with Crippen molar-refractivity contribution in [1.82, 2.24) is 0 Å². The smallest absolute Gasteiger partial charge is 0.135 e. The van der Waals surface area contributed by atoms with Gasteiger partial charge in [-0.05, 0) is 0 Å². The molecule has 0 saturated heterocycles. The minimum Gasteiger partial charge on any atom is -0.394 e. The molecule has 0 rings (SSSR count). The van der Waals surface area contributed by atoms with Gasteiger partial charge in [-0.25, -0.2) is 0 Å². The van der Waals surface area contributed by atoms with Gasteiger partial charge in [0.15, 0.2) is 0 Å². The Morgan fingerprint density at radius 2 is 1.71 bits per heavy atom. The summed E-state index contributed by atoms with van der Waals surface area (Å²) in [6.45, 7) is 0.885. The summed E-state index contributed by atoms with van der Waals surface area (Å²) in [5.74, 6) is 0. The van der Waals surface area contributed by atoms with Crippen LogP contribution < -0.4 is 0 Å². The minimum atomic E-state index is -1.75. The average molecular weight is 224 g/mol. The van der Waals surface area contributed by atoms with Crippen LogP contribution in [0.25, 0.3) is 0 Å². The van der Waals surface area contributed by atoms with Crippen LogP contribution in [-0.4, -0.2) is 71.5 Å². The van der Waals surface area contributed by atoms with Crippen molar-refractivity contribution in [2.24, 2.45) is 0 Å². The Morgan fingerprint density at radius 3 is 2.07 bits per heavy atom. The van der Waals surface area contributed by atoms with Crippen molar-refractivity contribution in [2.75, 3.05) is 6.61 Å². The first-order valence-corrected chi connectivity index (χ1v) is 6.43. The Balaban J connectivity index is 4.30. The Labute approximate surface area is 83.6 Å². The van der Waals surface area contributed by atoms with E-state index in [1.54, 1.807) is 6.55 Å². The molecule has 5 N–H and O–H groups in total. The van der Waals surface area contributed by atoms with Crippen LogP contribution in [0.4, 0.5) is 0 Å². The largest absolute Gasteiger partial charge is 0.394 e. The van der Waals surface area contributed by atoms with Crippen LogP contribution in [-0.2, 0) is 4.79 Å². The van der Waals surface area contributed by atoms with Crippen molar-refractivity contribution in [3.05, 3.63) is 0 Å². The van der Waals surface area contributed by atoms with E-state index < -0.39 is 45.9 Å². The molecule has 0 amide bonds. The molecule has 0 bridgehead atoms. The minimum absolute atomic E-state index is 0.498. The van der Waals surface area contributed by atoms with Crippen molar-refractivity contribution in [3.8, 4) is 0 Å². The van der Waals surface area contributed by atoms with Gasteiger partial charge in [-0.2, -0.15) is 0 Å². The first kappa shape index (κ1) is 13.7. The number of hydrogen-bond donors (Lipinski definition) is 5. The Kier molecular flexibility index (Phi) is 6.08. The summed E-state index contributed by atoms with van der Waals surface area (Å²) in [5, 5.41) is 44.4.